The molecule has 1 unspecified atom stereocenters. The number of benzene rings is 2. The van der Waals surface area contributed by atoms with Gasteiger partial charge in [-0.15, -0.1) is 11.8 Å². The number of halogens is 1. The van der Waals surface area contributed by atoms with Crippen LogP contribution in [0.2, 0.25) is 0 Å². The van der Waals surface area contributed by atoms with Crippen LogP contribution in [0.4, 0.5) is 15.8 Å². The normalized spacial score (nSPS) is 16.3. The van der Waals surface area contributed by atoms with Crippen LogP contribution in [0.3, 0.4) is 0 Å². The van der Waals surface area contributed by atoms with Crippen LogP contribution in [0.5, 0.6) is 0 Å². The zero-order chi connectivity index (χ0) is 20.8. The van der Waals surface area contributed by atoms with E-state index in [0.29, 0.717) is 23.4 Å². The average Bonchev–Trinajstić information content (AvgIpc) is 3.09. The van der Waals surface area contributed by atoms with Gasteiger partial charge in [0.1, 0.15) is 11.2 Å². The van der Waals surface area contributed by atoms with Gasteiger partial charge in [0.15, 0.2) is 0 Å². The SMILES string of the molecule is CCCCCCC(=O)Nc1ccc(C2SCC(=O)N2c2ccc(C)c(F)c2)cc1. The van der Waals surface area contributed by atoms with Gasteiger partial charge in [-0.3, -0.25) is 14.5 Å². The molecule has 4 nitrogen and oxygen atoms in total. The van der Waals surface area contributed by atoms with E-state index in [2.05, 4.69) is 12.2 Å². The van der Waals surface area contributed by atoms with Crippen molar-refractivity contribution in [2.75, 3.05) is 16.0 Å². The maximum Gasteiger partial charge on any atom is 0.238 e. The van der Waals surface area contributed by atoms with Gasteiger partial charge in [-0.2, -0.15) is 0 Å². The number of amides is 2. The number of anilines is 2. The number of unbranched alkanes of at least 4 members (excludes halogenated alkanes) is 3. The quantitative estimate of drug-likeness (QED) is 0.554. The molecule has 0 saturated carbocycles. The van der Waals surface area contributed by atoms with E-state index in [1.165, 1.54) is 17.8 Å². The lowest BCUT2D eigenvalue weighted by molar-refractivity contribution is -0.116. The summed E-state index contributed by atoms with van der Waals surface area (Å²) in [5.74, 6) is 0.0304. The molecular weight excluding hydrogens is 387 g/mol. The Morgan fingerprint density at radius 2 is 1.93 bits per heavy atom. The van der Waals surface area contributed by atoms with Gasteiger partial charge < -0.3 is 5.32 Å². The molecule has 1 fully saturated rings. The van der Waals surface area contributed by atoms with Crippen LogP contribution in [0, 0.1) is 12.7 Å². The molecule has 6 heteroatoms. The first-order valence-electron chi connectivity index (χ1n) is 10.1. The summed E-state index contributed by atoms with van der Waals surface area (Å²) in [6.45, 7) is 3.85. The third-order valence-electron chi connectivity index (χ3n) is 5.04. The summed E-state index contributed by atoms with van der Waals surface area (Å²) in [6, 6.07) is 12.4. The van der Waals surface area contributed by atoms with E-state index in [0.717, 1.165) is 36.9 Å². The van der Waals surface area contributed by atoms with E-state index in [1.54, 1.807) is 24.0 Å². The molecule has 1 heterocycles. The maximum atomic E-state index is 14.0. The van der Waals surface area contributed by atoms with Gasteiger partial charge in [-0.25, -0.2) is 4.39 Å². The summed E-state index contributed by atoms with van der Waals surface area (Å²) in [6.07, 6.45) is 4.81. The summed E-state index contributed by atoms with van der Waals surface area (Å²) in [4.78, 5) is 26.1. The fourth-order valence-electron chi connectivity index (χ4n) is 3.35. The molecule has 0 bridgehead atoms. The van der Waals surface area contributed by atoms with Crippen LogP contribution in [0.15, 0.2) is 42.5 Å². The predicted molar refractivity (Wildman–Crippen MR) is 118 cm³/mol. The van der Waals surface area contributed by atoms with E-state index in [1.807, 2.05) is 24.3 Å². The Morgan fingerprint density at radius 1 is 1.17 bits per heavy atom. The van der Waals surface area contributed by atoms with Crippen molar-refractivity contribution < 1.29 is 14.0 Å². The number of thioether (sulfide) groups is 1. The molecule has 1 N–H and O–H groups in total. The average molecular weight is 415 g/mol. The molecule has 0 radical (unpaired) electrons. The van der Waals surface area contributed by atoms with Gasteiger partial charge in [0.2, 0.25) is 11.8 Å². The molecule has 1 aliphatic rings. The van der Waals surface area contributed by atoms with Gasteiger partial charge in [0.25, 0.3) is 0 Å². The van der Waals surface area contributed by atoms with Crippen molar-refractivity contribution in [1.82, 2.24) is 0 Å². The summed E-state index contributed by atoms with van der Waals surface area (Å²) < 4.78 is 14.0. The smallest absolute Gasteiger partial charge is 0.238 e. The number of nitrogens with zero attached hydrogens (tertiary/aromatic N) is 1. The van der Waals surface area contributed by atoms with Gasteiger partial charge in [-0.05, 0) is 48.7 Å². The second-order valence-electron chi connectivity index (χ2n) is 7.34. The molecule has 0 aromatic heterocycles. The molecule has 3 rings (SSSR count). The van der Waals surface area contributed by atoms with E-state index >= 15 is 0 Å². The minimum Gasteiger partial charge on any atom is -0.326 e. The summed E-state index contributed by atoms with van der Waals surface area (Å²) in [7, 11) is 0. The van der Waals surface area contributed by atoms with Crippen LogP contribution >= 0.6 is 11.8 Å². The lowest BCUT2D eigenvalue weighted by atomic mass is 10.1. The molecular formula is C23H27FN2O2S. The van der Waals surface area contributed by atoms with Crippen molar-refractivity contribution in [3.63, 3.8) is 0 Å². The van der Waals surface area contributed by atoms with Crippen LogP contribution in [-0.4, -0.2) is 17.6 Å². The molecule has 1 saturated heterocycles. The highest BCUT2D eigenvalue weighted by Crippen LogP contribution is 2.42. The fourth-order valence-corrected chi connectivity index (χ4v) is 4.53. The Kier molecular flexibility index (Phi) is 7.31. The monoisotopic (exact) mass is 414 g/mol. The highest BCUT2D eigenvalue weighted by molar-refractivity contribution is 8.00. The Hall–Kier alpha value is -2.34. The fraction of sp³-hybridized carbons (Fsp3) is 0.391. The standard InChI is InChI=1S/C23H27FN2O2S/c1-3-4-5-6-7-21(27)25-18-11-9-17(10-12-18)23-26(22(28)15-29-23)19-13-8-16(2)20(24)14-19/h8-14,23H,3-7,15H2,1-2H3,(H,25,27). The number of nitrogens with one attached hydrogen (secondary N) is 1. The molecule has 2 aromatic rings. The lowest BCUT2D eigenvalue weighted by Crippen LogP contribution is -2.28. The van der Waals surface area contributed by atoms with Crippen molar-refractivity contribution in [2.24, 2.45) is 0 Å². The van der Waals surface area contributed by atoms with Gasteiger partial charge in [0, 0.05) is 17.8 Å². The van der Waals surface area contributed by atoms with Crippen molar-refractivity contribution in [2.45, 2.75) is 51.3 Å². The highest BCUT2D eigenvalue weighted by atomic mass is 32.2. The number of carbonyl (C=O) groups is 2. The van der Waals surface area contributed by atoms with E-state index in [9.17, 15) is 14.0 Å². The molecule has 2 aromatic carbocycles. The first-order chi connectivity index (χ1) is 14.0. The zero-order valence-electron chi connectivity index (χ0n) is 16.9. The molecule has 2 amide bonds. The third kappa shape index (κ3) is 5.38. The van der Waals surface area contributed by atoms with Gasteiger partial charge in [0.05, 0.1) is 5.75 Å². The second kappa shape index (κ2) is 9.92. The van der Waals surface area contributed by atoms with Gasteiger partial charge >= 0.3 is 0 Å². The largest absolute Gasteiger partial charge is 0.326 e. The number of carbonyl (C=O) groups excluding carboxylic acids is 2. The number of hydrogen-bond acceptors (Lipinski definition) is 3. The van der Waals surface area contributed by atoms with Crippen molar-refractivity contribution in [3.8, 4) is 0 Å². The third-order valence-corrected chi connectivity index (χ3v) is 6.25. The molecule has 0 aliphatic carbocycles. The van der Waals surface area contributed by atoms with Crippen molar-refractivity contribution in [1.29, 1.82) is 0 Å². The lowest BCUT2D eigenvalue weighted by Gasteiger charge is -2.25. The van der Waals surface area contributed by atoms with Crippen LogP contribution in [0.1, 0.15) is 55.5 Å². The highest BCUT2D eigenvalue weighted by Gasteiger charge is 2.34. The van der Waals surface area contributed by atoms with Crippen molar-refractivity contribution in [3.05, 3.63) is 59.4 Å². The summed E-state index contributed by atoms with van der Waals surface area (Å²) in [5, 5.41) is 2.72. The summed E-state index contributed by atoms with van der Waals surface area (Å²) in [5.41, 5.74) is 2.82. The Morgan fingerprint density at radius 3 is 2.62 bits per heavy atom. The van der Waals surface area contributed by atoms with E-state index in [-0.39, 0.29) is 23.0 Å². The second-order valence-corrected chi connectivity index (χ2v) is 8.41. The first-order valence-corrected chi connectivity index (χ1v) is 11.1. The Bertz CT molecular complexity index is 870. The molecule has 1 aliphatic heterocycles. The Balaban J connectivity index is 1.67. The van der Waals surface area contributed by atoms with E-state index < -0.39 is 0 Å². The zero-order valence-corrected chi connectivity index (χ0v) is 17.7. The molecule has 1 atom stereocenters. The van der Waals surface area contributed by atoms with Crippen LogP contribution in [0.25, 0.3) is 0 Å². The molecule has 0 spiro atoms. The van der Waals surface area contributed by atoms with Crippen LogP contribution in [-0.2, 0) is 9.59 Å². The number of rotatable bonds is 8. The topological polar surface area (TPSA) is 49.4 Å². The van der Waals surface area contributed by atoms with E-state index in [4.69, 9.17) is 0 Å². The molecule has 154 valence electrons. The Labute approximate surface area is 175 Å². The minimum absolute atomic E-state index is 0.0241. The molecule has 29 heavy (non-hydrogen) atoms. The van der Waals surface area contributed by atoms with Crippen molar-refractivity contribution >= 4 is 35.0 Å². The summed E-state index contributed by atoms with van der Waals surface area (Å²) >= 11 is 1.52. The minimum atomic E-state index is -0.317. The number of aryl methyl sites for hydroxylation is 1. The maximum absolute atomic E-state index is 14.0. The van der Waals surface area contributed by atoms with Gasteiger partial charge in [-0.1, -0.05) is 44.4 Å². The first kappa shape index (κ1) is 21.4. The van der Waals surface area contributed by atoms with Crippen LogP contribution < -0.4 is 10.2 Å². The predicted octanol–water partition coefficient (Wildman–Crippen LogP) is 5.82. The number of hydrogen-bond donors (Lipinski definition) is 1.